The maximum atomic E-state index is 13.9. The Morgan fingerprint density at radius 2 is 2.16 bits per heavy atom. The molecule has 19 heavy (non-hydrogen) atoms. The second-order valence-corrected chi connectivity index (χ2v) is 7.06. The van der Waals surface area contributed by atoms with Crippen molar-refractivity contribution in [2.75, 3.05) is 6.54 Å². The SMILES string of the molecule is CCNC(Cc1c(F)cccc1Cl)c1ccc(Br)s1. The summed E-state index contributed by atoms with van der Waals surface area (Å²) in [7, 11) is 0. The highest BCUT2D eigenvalue weighted by atomic mass is 79.9. The van der Waals surface area contributed by atoms with Crippen LogP contribution in [0.15, 0.2) is 34.1 Å². The molecule has 1 aromatic carbocycles. The van der Waals surface area contributed by atoms with E-state index in [2.05, 4.69) is 27.3 Å². The van der Waals surface area contributed by atoms with E-state index in [0.717, 1.165) is 10.3 Å². The summed E-state index contributed by atoms with van der Waals surface area (Å²) >= 11 is 11.2. The van der Waals surface area contributed by atoms with Gasteiger partial charge in [-0.15, -0.1) is 11.3 Å². The van der Waals surface area contributed by atoms with E-state index in [-0.39, 0.29) is 11.9 Å². The minimum absolute atomic E-state index is 0.0794. The number of halogens is 3. The fourth-order valence-corrected chi connectivity index (χ4v) is 3.71. The van der Waals surface area contributed by atoms with Crippen molar-refractivity contribution in [3.05, 3.63) is 55.4 Å². The van der Waals surface area contributed by atoms with Gasteiger partial charge in [-0.2, -0.15) is 0 Å². The Kier molecular flexibility index (Phi) is 5.39. The third-order valence-corrected chi connectivity index (χ3v) is 4.95. The first-order valence-electron chi connectivity index (χ1n) is 6.03. The molecule has 0 fully saturated rings. The summed E-state index contributed by atoms with van der Waals surface area (Å²) in [4.78, 5) is 1.17. The summed E-state index contributed by atoms with van der Waals surface area (Å²) in [5, 5.41) is 3.86. The highest BCUT2D eigenvalue weighted by Crippen LogP contribution is 2.31. The summed E-state index contributed by atoms with van der Waals surface area (Å²) in [6.07, 6.45) is 0.548. The van der Waals surface area contributed by atoms with Gasteiger partial charge >= 0.3 is 0 Å². The van der Waals surface area contributed by atoms with Crippen LogP contribution in [0.4, 0.5) is 4.39 Å². The van der Waals surface area contributed by atoms with Crippen molar-refractivity contribution in [2.45, 2.75) is 19.4 Å². The summed E-state index contributed by atoms with van der Waals surface area (Å²) < 4.78 is 14.9. The Morgan fingerprint density at radius 3 is 2.74 bits per heavy atom. The molecule has 0 saturated heterocycles. The topological polar surface area (TPSA) is 12.0 Å². The Balaban J connectivity index is 2.26. The van der Waals surface area contributed by atoms with Gasteiger partial charge in [-0.3, -0.25) is 0 Å². The maximum absolute atomic E-state index is 13.9. The zero-order valence-electron chi connectivity index (χ0n) is 10.4. The molecule has 1 aromatic heterocycles. The predicted octanol–water partition coefficient (Wildman–Crippen LogP) is 5.20. The first kappa shape index (κ1) is 15.0. The third kappa shape index (κ3) is 3.78. The van der Waals surface area contributed by atoms with E-state index in [1.165, 1.54) is 10.9 Å². The Bertz CT molecular complexity index is 538. The number of nitrogens with one attached hydrogen (secondary N) is 1. The molecule has 2 rings (SSSR count). The Hall–Kier alpha value is -0.420. The van der Waals surface area contributed by atoms with Gasteiger partial charge < -0.3 is 5.32 Å². The van der Waals surface area contributed by atoms with Gasteiger partial charge in [-0.05, 0) is 53.2 Å². The van der Waals surface area contributed by atoms with E-state index in [1.807, 2.05) is 13.0 Å². The second kappa shape index (κ2) is 6.84. The average Bonchev–Trinajstić information content (AvgIpc) is 2.79. The van der Waals surface area contributed by atoms with Crippen molar-refractivity contribution in [1.82, 2.24) is 5.32 Å². The molecule has 102 valence electrons. The molecule has 0 aliphatic carbocycles. The lowest BCUT2D eigenvalue weighted by atomic mass is 10.0. The molecular formula is C14H14BrClFNS. The molecule has 0 amide bonds. The van der Waals surface area contributed by atoms with Crippen molar-refractivity contribution in [2.24, 2.45) is 0 Å². The van der Waals surface area contributed by atoms with Crippen molar-refractivity contribution in [3.8, 4) is 0 Å². The number of hydrogen-bond acceptors (Lipinski definition) is 2. The summed E-state index contributed by atoms with van der Waals surface area (Å²) in [6, 6.07) is 8.95. The fourth-order valence-electron chi connectivity index (χ4n) is 1.97. The van der Waals surface area contributed by atoms with Gasteiger partial charge in [0.05, 0.1) is 3.79 Å². The molecule has 0 aliphatic heterocycles. The number of benzene rings is 1. The second-order valence-electron chi connectivity index (χ2n) is 4.16. The largest absolute Gasteiger partial charge is 0.309 e. The van der Waals surface area contributed by atoms with Crippen LogP contribution in [0.2, 0.25) is 5.02 Å². The molecule has 1 atom stereocenters. The van der Waals surface area contributed by atoms with Gasteiger partial charge in [0.15, 0.2) is 0 Å². The van der Waals surface area contributed by atoms with Crippen LogP contribution in [-0.2, 0) is 6.42 Å². The van der Waals surface area contributed by atoms with Crippen LogP contribution < -0.4 is 5.32 Å². The van der Waals surface area contributed by atoms with Crippen molar-refractivity contribution >= 4 is 38.9 Å². The van der Waals surface area contributed by atoms with Crippen LogP contribution in [0, 0.1) is 5.82 Å². The summed E-state index contributed by atoms with van der Waals surface area (Å²) in [5.74, 6) is -0.244. The molecule has 0 radical (unpaired) electrons. The molecule has 0 bridgehead atoms. The lowest BCUT2D eigenvalue weighted by molar-refractivity contribution is 0.534. The monoisotopic (exact) mass is 361 g/mol. The van der Waals surface area contributed by atoms with E-state index in [0.29, 0.717) is 17.0 Å². The Morgan fingerprint density at radius 1 is 1.37 bits per heavy atom. The molecule has 1 nitrogen and oxygen atoms in total. The first-order chi connectivity index (χ1) is 9.11. The van der Waals surface area contributed by atoms with Gasteiger partial charge in [0.25, 0.3) is 0 Å². The van der Waals surface area contributed by atoms with Crippen LogP contribution in [0.5, 0.6) is 0 Å². The van der Waals surface area contributed by atoms with E-state index >= 15 is 0 Å². The van der Waals surface area contributed by atoms with Gasteiger partial charge in [0, 0.05) is 21.5 Å². The third-order valence-electron chi connectivity index (χ3n) is 2.86. The van der Waals surface area contributed by atoms with E-state index in [1.54, 1.807) is 23.5 Å². The normalized spacial score (nSPS) is 12.6. The van der Waals surface area contributed by atoms with Crippen LogP contribution in [0.1, 0.15) is 23.4 Å². The van der Waals surface area contributed by atoms with E-state index < -0.39 is 0 Å². The van der Waals surface area contributed by atoms with Crippen LogP contribution in [0.3, 0.4) is 0 Å². The lowest BCUT2D eigenvalue weighted by Gasteiger charge is -2.17. The number of likely N-dealkylation sites (N-methyl/N-ethyl adjacent to an activating group) is 1. The van der Waals surface area contributed by atoms with Gasteiger partial charge in [-0.25, -0.2) is 4.39 Å². The maximum Gasteiger partial charge on any atom is 0.127 e. The highest BCUT2D eigenvalue weighted by molar-refractivity contribution is 9.11. The minimum Gasteiger partial charge on any atom is -0.309 e. The number of hydrogen-bond donors (Lipinski definition) is 1. The number of thiophene rings is 1. The minimum atomic E-state index is -0.244. The van der Waals surface area contributed by atoms with Crippen molar-refractivity contribution < 1.29 is 4.39 Å². The van der Waals surface area contributed by atoms with Crippen LogP contribution in [0.25, 0.3) is 0 Å². The van der Waals surface area contributed by atoms with E-state index in [4.69, 9.17) is 11.6 Å². The highest BCUT2D eigenvalue weighted by Gasteiger charge is 2.17. The smallest absolute Gasteiger partial charge is 0.127 e. The molecular weight excluding hydrogens is 349 g/mol. The quantitative estimate of drug-likeness (QED) is 0.771. The van der Waals surface area contributed by atoms with E-state index in [9.17, 15) is 4.39 Å². The summed E-state index contributed by atoms with van der Waals surface area (Å²) in [6.45, 7) is 2.87. The molecule has 1 N–H and O–H groups in total. The first-order valence-corrected chi connectivity index (χ1v) is 8.02. The number of rotatable bonds is 5. The summed E-state index contributed by atoms with van der Waals surface area (Å²) in [5.41, 5.74) is 0.569. The average molecular weight is 363 g/mol. The zero-order chi connectivity index (χ0) is 13.8. The van der Waals surface area contributed by atoms with Gasteiger partial charge in [0.1, 0.15) is 5.82 Å². The molecule has 5 heteroatoms. The molecule has 0 aliphatic rings. The van der Waals surface area contributed by atoms with Crippen molar-refractivity contribution in [1.29, 1.82) is 0 Å². The van der Waals surface area contributed by atoms with Crippen molar-refractivity contribution in [3.63, 3.8) is 0 Å². The molecule has 2 aromatic rings. The Labute approximate surface area is 129 Å². The zero-order valence-corrected chi connectivity index (χ0v) is 13.6. The fraction of sp³-hybridized carbons (Fsp3) is 0.286. The predicted molar refractivity (Wildman–Crippen MR) is 83.6 cm³/mol. The van der Waals surface area contributed by atoms with Crippen LogP contribution in [-0.4, -0.2) is 6.54 Å². The standard InChI is InChI=1S/C14H14BrClFNS/c1-2-18-12(13-6-7-14(15)19-13)8-9-10(16)4-3-5-11(9)17/h3-7,12,18H,2,8H2,1H3. The molecule has 1 heterocycles. The van der Waals surface area contributed by atoms with Gasteiger partial charge in [-0.1, -0.05) is 24.6 Å². The molecule has 0 spiro atoms. The van der Waals surface area contributed by atoms with Crippen LogP contribution >= 0.6 is 38.9 Å². The van der Waals surface area contributed by atoms with Gasteiger partial charge in [0.2, 0.25) is 0 Å². The lowest BCUT2D eigenvalue weighted by Crippen LogP contribution is -2.22. The molecule has 0 saturated carbocycles. The molecule has 1 unspecified atom stereocenters.